The van der Waals surface area contributed by atoms with Crippen molar-refractivity contribution >= 4 is 34.8 Å². The summed E-state index contributed by atoms with van der Waals surface area (Å²) in [6, 6.07) is 13.9. The lowest BCUT2D eigenvalue weighted by molar-refractivity contribution is -0.159. The molecule has 1 unspecified atom stereocenters. The molecule has 5 aliphatic rings. The average molecular weight is 844 g/mol. The first-order valence-electron chi connectivity index (χ1n) is 22.0. The SMILES string of the molecule is O=C1COc2c(CCN(CCN3CCC(OCCc4cccc(CN5CCC6(CC5)CN(C(=O)Cc5ccsc5)CCO6)c4)[C@H]3C(=O)O)C3CCCCC3)ccc(O)c2N1. The van der Waals surface area contributed by atoms with Gasteiger partial charge in [0, 0.05) is 64.9 Å². The number of carboxylic acids is 1. The van der Waals surface area contributed by atoms with Gasteiger partial charge in [0.25, 0.3) is 5.91 Å². The van der Waals surface area contributed by atoms with Crippen molar-refractivity contribution in [2.24, 2.45) is 0 Å². The number of carbonyl (C=O) groups excluding carboxylic acids is 2. The molecule has 4 fully saturated rings. The molecule has 2 atom stereocenters. The number of thiophene rings is 1. The number of amides is 2. The molecule has 14 heteroatoms. The topological polar surface area (TPSA) is 144 Å². The monoisotopic (exact) mass is 843 g/mol. The lowest BCUT2D eigenvalue weighted by Crippen LogP contribution is -2.58. The van der Waals surface area contributed by atoms with Crippen LogP contribution in [0.1, 0.15) is 73.6 Å². The number of hydrogen-bond acceptors (Lipinski definition) is 11. The maximum absolute atomic E-state index is 13.1. The van der Waals surface area contributed by atoms with Gasteiger partial charge in [0.15, 0.2) is 12.4 Å². The quantitative estimate of drug-likeness (QED) is 0.164. The predicted molar refractivity (Wildman–Crippen MR) is 230 cm³/mol. The number of anilines is 1. The van der Waals surface area contributed by atoms with Crippen molar-refractivity contribution in [1.82, 2.24) is 19.6 Å². The lowest BCUT2D eigenvalue weighted by atomic mass is 9.89. The number of aliphatic carboxylic acids is 1. The highest BCUT2D eigenvalue weighted by Crippen LogP contribution is 2.39. The van der Waals surface area contributed by atoms with Gasteiger partial charge >= 0.3 is 5.97 Å². The van der Waals surface area contributed by atoms with E-state index in [9.17, 15) is 24.6 Å². The number of carboxylic acid groups (broad SMARTS) is 1. The van der Waals surface area contributed by atoms with Crippen molar-refractivity contribution in [1.29, 1.82) is 0 Å². The molecule has 13 nitrogen and oxygen atoms in total. The fraction of sp³-hybridized carbons (Fsp3) is 0.587. The number of phenolic OH excluding ortho intramolecular Hbond substituents is 1. The summed E-state index contributed by atoms with van der Waals surface area (Å²) in [5, 5.41) is 27.6. The molecular weight excluding hydrogens is 783 g/mol. The standard InChI is InChI=1S/C46H61N5O8S/c52-38-10-9-36(44-42(38)47-40(53)30-58-44)11-17-49(37-7-2-1-3-8-37)21-22-50-18-12-39(43(50)45(55)56)57-24-13-33-5-4-6-34(27-33)29-48-19-15-46(16-20-48)32-51(23-25-59-46)41(54)28-35-14-26-60-31-35/h4-6,9-10,14,26-27,31,37,39,43,52H,1-3,7-8,11-13,15-25,28-30,32H2,(H,47,53)(H,55,56)/t39?,43-/m0/s1. The summed E-state index contributed by atoms with van der Waals surface area (Å²) < 4.78 is 18.5. The first-order chi connectivity index (χ1) is 29.2. The summed E-state index contributed by atoms with van der Waals surface area (Å²) in [7, 11) is 0. The molecule has 0 radical (unpaired) electrons. The fourth-order valence-corrected chi connectivity index (χ4v) is 10.7. The van der Waals surface area contributed by atoms with E-state index in [1.54, 1.807) is 17.4 Å². The number of aromatic hydroxyl groups is 1. The highest BCUT2D eigenvalue weighted by Gasteiger charge is 2.42. The van der Waals surface area contributed by atoms with Crippen LogP contribution in [-0.4, -0.2) is 144 Å². The normalized spacial score (nSPS) is 22.5. The first kappa shape index (κ1) is 42.6. The third kappa shape index (κ3) is 10.5. The molecular formula is C46H61N5O8S. The van der Waals surface area contributed by atoms with Crippen LogP contribution in [0, 0.1) is 0 Å². The lowest BCUT2D eigenvalue weighted by Gasteiger charge is -2.47. The van der Waals surface area contributed by atoms with Crippen LogP contribution in [-0.2, 0) is 49.7 Å². The molecule has 324 valence electrons. The summed E-state index contributed by atoms with van der Waals surface area (Å²) in [5.74, 6) is -0.396. The van der Waals surface area contributed by atoms with E-state index in [1.807, 2.05) is 22.4 Å². The average Bonchev–Trinajstić information content (AvgIpc) is 3.93. The Labute approximate surface area is 357 Å². The Morgan fingerprint density at radius 1 is 0.967 bits per heavy atom. The number of nitrogens with zero attached hydrogens (tertiary/aromatic N) is 4. The van der Waals surface area contributed by atoms with Gasteiger partial charge in [0.1, 0.15) is 17.5 Å². The van der Waals surface area contributed by atoms with Gasteiger partial charge in [-0.3, -0.25) is 29.1 Å². The zero-order valence-electron chi connectivity index (χ0n) is 34.7. The minimum Gasteiger partial charge on any atom is -0.506 e. The molecule has 3 saturated heterocycles. The van der Waals surface area contributed by atoms with E-state index in [0.29, 0.717) is 82.6 Å². The highest BCUT2D eigenvalue weighted by atomic mass is 32.1. The van der Waals surface area contributed by atoms with Crippen LogP contribution in [0.3, 0.4) is 0 Å². The molecule has 1 aliphatic carbocycles. The number of ether oxygens (including phenoxy) is 3. The van der Waals surface area contributed by atoms with Crippen LogP contribution >= 0.6 is 11.3 Å². The molecule has 0 bridgehead atoms. The third-order valence-corrected chi connectivity index (χ3v) is 14.1. The number of fused-ring (bicyclic) bond motifs is 1. The number of nitrogens with one attached hydrogen (secondary N) is 1. The number of benzene rings is 2. The number of carbonyl (C=O) groups is 3. The number of rotatable bonds is 16. The second-order valence-corrected chi connectivity index (χ2v) is 18.2. The number of piperidine rings is 1. The summed E-state index contributed by atoms with van der Waals surface area (Å²) in [4.78, 5) is 46.8. The molecule has 3 N–H and O–H groups in total. The van der Waals surface area contributed by atoms with E-state index in [4.69, 9.17) is 14.2 Å². The summed E-state index contributed by atoms with van der Waals surface area (Å²) in [6.45, 7) is 7.86. The Kier molecular flexibility index (Phi) is 14.0. The second kappa shape index (κ2) is 19.8. The molecule has 1 saturated carbocycles. The number of hydrogen-bond donors (Lipinski definition) is 3. The van der Waals surface area contributed by atoms with E-state index in [2.05, 4.69) is 49.7 Å². The Morgan fingerprint density at radius 3 is 2.60 bits per heavy atom. The zero-order chi connectivity index (χ0) is 41.5. The third-order valence-electron chi connectivity index (χ3n) is 13.4. The predicted octanol–water partition coefficient (Wildman–Crippen LogP) is 5.18. The molecule has 2 aromatic carbocycles. The maximum Gasteiger partial charge on any atom is 0.323 e. The van der Waals surface area contributed by atoms with Gasteiger partial charge < -0.3 is 34.6 Å². The number of likely N-dealkylation sites (tertiary alicyclic amines) is 2. The first-order valence-corrected chi connectivity index (χ1v) is 23.0. The highest BCUT2D eigenvalue weighted by molar-refractivity contribution is 7.08. The van der Waals surface area contributed by atoms with Crippen molar-refractivity contribution in [2.75, 3.05) is 77.5 Å². The Bertz CT molecular complexity index is 1930. The molecule has 2 amide bonds. The molecule has 1 aromatic heterocycles. The molecule has 8 rings (SSSR count). The van der Waals surface area contributed by atoms with Crippen molar-refractivity contribution in [2.45, 2.75) is 101 Å². The van der Waals surface area contributed by atoms with Crippen LogP contribution < -0.4 is 10.1 Å². The van der Waals surface area contributed by atoms with E-state index in [1.165, 1.54) is 30.4 Å². The fourth-order valence-electron chi connectivity index (χ4n) is 10.0. The minimum absolute atomic E-state index is 0.00362. The Hall–Kier alpha value is -4.05. The van der Waals surface area contributed by atoms with Crippen LogP contribution in [0.4, 0.5) is 5.69 Å². The molecule has 60 heavy (non-hydrogen) atoms. The van der Waals surface area contributed by atoms with Crippen LogP contribution in [0.25, 0.3) is 0 Å². The smallest absolute Gasteiger partial charge is 0.323 e. The van der Waals surface area contributed by atoms with Gasteiger partial charge in [0.2, 0.25) is 5.91 Å². The van der Waals surface area contributed by atoms with Crippen molar-refractivity contribution in [3.05, 3.63) is 75.5 Å². The maximum atomic E-state index is 13.1. The zero-order valence-corrected chi connectivity index (χ0v) is 35.5. The van der Waals surface area contributed by atoms with Crippen LogP contribution in [0.5, 0.6) is 11.5 Å². The van der Waals surface area contributed by atoms with Gasteiger partial charge in [-0.25, -0.2) is 0 Å². The summed E-state index contributed by atoms with van der Waals surface area (Å²) in [5.41, 5.74) is 4.54. The van der Waals surface area contributed by atoms with Crippen molar-refractivity contribution < 1.29 is 38.8 Å². The van der Waals surface area contributed by atoms with E-state index in [0.717, 1.165) is 69.5 Å². The van der Waals surface area contributed by atoms with Crippen LogP contribution in [0.2, 0.25) is 0 Å². The van der Waals surface area contributed by atoms with Gasteiger partial charge in [-0.15, -0.1) is 0 Å². The molecule has 1 spiro atoms. The van der Waals surface area contributed by atoms with Gasteiger partial charge in [0.05, 0.1) is 31.3 Å². The Balaban J connectivity index is 0.801. The molecule has 4 aliphatic heterocycles. The van der Waals surface area contributed by atoms with Gasteiger partial charge in [-0.05, 0) is 90.1 Å². The largest absolute Gasteiger partial charge is 0.506 e. The number of morpholine rings is 1. The molecule has 3 aromatic rings. The van der Waals surface area contributed by atoms with Crippen LogP contribution in [0.15, 0.2) is 53.2 Å². The van der Waals surface area contributed by atoms with E-state index in [-0.39, 0.29) is 35.9 Å². The van der Waals surface area contributed by atoms with Gasteiger partial charge in [-0.1, -0.05) is 49.6 Å². The van der Waals surface area contributed by atoms with Crippen molar-refractivity contribution in [3.63, 3.8) is 0 Å². The second-order valence-electron chi connectivity index (χ2n) is 17.4. The molecule has 5 heterocycles. The van der Waals surface area contributed by atoms with Crippen molar-refractivity contribution in [3.8, 4) is 11.5 Å². The summed E-state index contributed by atoms with van der Waals surface area (Å²) >= 11 is 1.63. The van der Waals surface area contributed by atoms with Gasteiger partial charge in [-0.2, -0.15) is 11.3 Å². The number of phenols is 1. The Morgan fingerprint density at radius 2 is 1.80 bits per heavy atom. The summed E-state index contributed by atoms with van der Waals surface area (Å²) in [6.07, 6.45) is 9.88. The minimum atomic E-state index is -0.835. The van der Waals surface area contributed by atoms with E-state index < -0.39 is 12.0 Å². The van der Waals surface area contributed by atoms with E-state index >= 15 is 0 Å².